The Hall–Kier alpha value is -3.00. The third kappa shape index (κ3) is 2.71. The second-order valence-electron chi connectivity index (χ2n) is 4.84. The second kappa shape index (κ2) is 5.65. The number of fused-ring (bicyclic) bond motifs is 1. The molecule has 0 saturated carbocycles. The molecule has 0 saturated heterocycles. The van der Waals surface area contributed by atoms with Gasteiger partial charge in [-0.1, -0.05) is 30.3 Å². The molecule has 0 aliphatic rings. The molecule has 0 radical (unpaired) electrons. The maximum Gasteiger partial charge on any atom is 0.207 e. The predicted molar refractivity (Wildman–Crippen MR) is 88.0 cm³/mol. The number of benzene rings is 1. The average Bonchev–Trinajstić information content (AvgIpc) is 3.22. The summed E-state index contributed by atoms with van der Waals surface area (Å²) in [6, 6.07) is 11.7. The topological polar surface area (TPSA) is 103 Å². The van der Waals surface area contributed by atoms with Gasteiger partial charge in [0.15, 0.2) is 11.3 Å². The molecule has 0 spiro atoms. The van der Waals surface area contributed by atoms with Gasteiger partial charge >= 0.3 is 0 Å². The van der Waals surface area contributed by atoms with Crippen LogP contribution in [0.15, 0.2) is 41.8 Å². The van der Waals surface area contributed by atoms with Gasteiger partial charge in [0.05, 0.1) is 5.69 Å². The maximum absolute atomic E-state index is 5.80. The molecule has 3 heterocycles. The smallest absolute Gasteiger partial charge is 0.207 e. The van der Waals surface area contributed by atoms with Crippen molar-refractivity contribution in [3.8, 4) is 16.3 Å². The summed E-state index contributed by atoms with van der Waals surface area (Å²) in [5.74, 6) is 0.875. The predicted octanol–water partition coefficient (Wildman–Crippen LogP) is 2.64. The van der Waals surface area contributed by atoms with E-state index < -0.39 is 0 Å². The minimum Gasteiger partial charge on any atom is -0.485 e. The van der Waals surface area contributed by atoms with E-state index in [0.29, 0.717) is 29.3 Å². The Morgan fingerprint density at radius 2 is 2.00 bits per heavy atom. The highest BCUT2D eigenvalue weighted by Gasteiger charge is 2.11. The first-order valence-electron chi connectivity index (χ1n) is 6.89. The van der Waals surface area contributed by atoms with Crippen molar-refractivity contribution in [2.24, 2.45) is 0 Å². The number of nitrogens with one attached hydrogen (secondary N) is 1. The molecular weight excluding hydrogens is 312 g/mol. The molecule has 0 bridgehead atoms. The van der Waals surface area contributed by atoms with Gasteiger partial charge in [-0.3, -0.25) is 0 Å². The lowest BCUT2D eigenvalue weighted by atomic mass is 10.2. The number of nitrogen functional groups attached to an aromatic ring is 1. The Morgan fingerprint density at radius 3 is 2.87 bits per heavy atom. The molecule has 4 rings (SSSR count). The van der Waals surface area contributed by atoms with E-state index in [1.807, 2.05) is 35.7 Å². The van der Waals surface area contributed by atoms with Gasteiger partial charge in [-0.2, -0.15) is 10.3 Å². The normalized spacial score (nSPS) is 11.0. The first-order valence-corrected chi connectivity index (χ1v) is 7.77. The molecule has 0 atom stereocenters. The van der Waals surface area contributed by atoms with Crippen LogP contribution in [0.3, 0.4) is 0 Å². The number of rotatable bonds is 4. The number of ether oxygens (including phenoxy) is 1. The van der Waals surface area contributed by atoms with E-state index in [1.165, 1.54) is 0 Å². The highest BCUT2D eigenvalue weighted by molar-refractivity contribution is 7.13. The number of nitrogens with zero attached hydrogens (tertiary/aromatic N) is 4. The lowest BCUT2D eigenvalue weighted by molar-refractivity contribution is 0.305. The van der Waals surface area contributed by atoms with Crippen molar-refractivity contribution in [1.29, 1.82) is 0 Å². The van der Waals surface area contributed by atoms with Crippen molar-refractivity contribution in [2.75, 3.05) is 5.73 Å². The summed E-state index contributed by atoms with van der Waals surface area (Å²) in [6.45, 7) is 0.328. The van der Waals surface area contributed by atoms with Crippen LogP contribution in [0.5, 0.6) is 5.75 Å². The second-order valence-corrected chi connectivity index (χ2v) is 5.70. The maximum atomic E-state index is 5.80. The lowest BCUT2D eigenvalue weighted by Crippen LogP contribution is -1.99. The number of hydrogen-bond donors (Lipinski definition) is 2. The van der Waals surface area contributed by atoms with Gasteiger partial charge in [0, 0.05) is 17.0 Å². The van der Waals surface area contributed by atoms with Crippen LogP contribution in [-0.2, 0) is 6.61 Å². The number of hydrogen-bond acceptors (Lipinski definition) is 7. The number of aromatic nitrogens is 5. The van der Waals surface area contributed by atoms with E-state index in [0.717, 1.165) is 16.3 Å². The SMILES string of the molecule is Nc1cc(OCc2csc(-c3ccccc3)n2)c2n[nH]nc2n1. The van der Waals surface area contributed by atoms with E-state index in [2.05, 4.69) is 25.4 Å². The zero-order chi connectivity index (χ0) is 15.6. The molecular formula is C15H12N6OS. The molecule has 0 fully saturated rings. The van der Waals surface area contributed by atoms with Crippen molar-refractivity contribution in [3.63, 3.8) is 0 Å². The molecule has 0 unspecified atom stereocenters. The van der Waals surface area contributed by atoms with Crippen LogP contribution in [0, 0.1) is 0 Å². The van der Waals surface area contributed by atoms with Gasteiger partial charge in [0.25, 0.3) is 0 Å². The van der Waals surface area contributed by atoms with Gasteiger partial charge in [-0.15, -0.1) is 16.4 Å². The number of H-pyrrole nitrogens is 1. The molecule has 7 nitrogen and oxygen atoms in total. The van der Waals surface area contributed by atoms with Crippen LogP contribution in [-0.4, -0.2) is 25.4 Å². The van der Waals surface area contributed by atoms with Crippen LogP contribution in [0.2, 0.25) is 0 Å². The van der Waals surface area contributed by atoms with Crippen LogP contribution < -0.4 is 10.5 Å². The molecule has 4 aromatic rings. The quantitative estimate of drug-likeness (QED) is 0.598. The highest BCUT2D eigenvalue weighted by Crippen LogP contribution is 2.26. The Bertz CT molecular complexity index is 949. The summed E-state index contributed by atoms with van der Waals surface area (Å²) < 4.78 is 5.80. The van der Waals surface area contributed by atoms with Gasteiger partial charge < -0.3 is 10.5 Å². The fourth-order valence-corrected chi connectivity index (χ4v) is 2.98. The third-order valence-corrected chi connectivity index (χ3v) is 4.17. The largest absolute Gasteiger partial charge is 0.485 e. The summed E-state index contributed by atoms with van der Waals surface area (Å²) in [5, 5.41) is 13.4. The molecule has 114 valence electrons. The third-order valence-electron chi connectivity index (χ3n) is 3.22. The summed E-state index contributed by atoms with van der Waals surface area (Å²) in [7, 11) is 0. The number of aromatic amines is 1. The van der Waals surface area contributed by atoms with Crippen molar-refractivity contribution in [1.82, 2.24) is 25.4 Å². The summed E-state index contributed by atoms with van der Waals surface area (Å²) in [4.78, 5) is 8.66. The molecule has 3 aromatic heterocycles. The highest BCUT2D eigenvalue weighted by atomic mass is 32.1. The summed E-state index contributed by atoms with van der Waals surface area (Å²) in [5.41, 5.74) is 8.67. The fraction of sp³-hybridized carbons (Fsp3) is 0.0667. The zero-order valence-corrected chi connectivity index (χ0v) is 12.7. The summed E-state index contributed by atoms with van der Waals surface area (Å²) in [6.07, 6.45) is 0. The Kier molecular flexibility index (Phi) is 3.35. The fourth-order valence-electron chi connectivity index (χ4n) is 2.17. The first-order chi connectivity index (χ1) is 11.3. The van der Waals surface area contributed by atoms with E-state index >= 15 is 0 Å². The van der Waals surface area contributed by atoms with Crippen molar-refractivity contribution >= 4 is 28.3 Å². The minimum atomic E-state index is 0.328. The molecule has 3 N–H and O–H groups in total. The molecule has 23 heavy (non-hydrogen) atoms. The van der Waals surface area contributed by atoms with Gasteiger partial charge in [0.2, 0.25) is 5.65 Å². The lowest BCUT2D eigenvalue weighted by Gasteiger charge is -2.05. The van der Waals surface area contributed by atoms with Crippen molar-refractivity contribution in [2.45, 2.75) is 6.61 Å². The standard InChI is InChI=1S/C15H12N6OS/c16-12-6-11(13-14(18-12)20-21-19-13)22-7-10-8-23-15(17-10)9-4-2-1-3-5-9/h1-6,8H,7H2,(H3,16,18,19,20,21). The van der Waals surface area contributed by atoms with E-state index in [1.54, 1.807) is 17.4 Å². The Balaban J connectivity index is 1.55. The van der Waals surface area contributed by atoms with E-state index in [4.69, 9.17) is 10.5 Å². The van der Waals surface area contributed by atoms with Crippen molar-refractivity contribution < 1.29 is 4.74 Å². The van der Waals surface area contributed by atoms with Gasteiger partial charge in [0.1, 0.15) is 17.4 Å². The molecule has 0 aliphatic heterocycles. The number of nitrogens with two attached hydrogens (primary N) is 1. The molecule has 0 amide bonds. The number of pyridine rings is 1. The van der Waals surface area contributed by atoms with Crippen LogP contribution in [0.4, 0.5) is 5.82 Å². The van der Waals surface area contributed by atoms with Gasteiger partial charge in [-0.25, -0.2) is 9.97 Å². The molecule has 0 aliphatic carbocycles. The van der Waals surface area contributed by atoms with Crippen LogP contribution >= 0.6 is 11.3 Å². The first kappa shape index (κ1) is 13.6. The monoisotopic (exact) mass is 324 g/mol. The molecule has 1 aromatic carbocycles. The molecule has 8 heteroatoms. The Labute approximate surface area is 135 Å². The summed E-state index contributed by atoms with van der Waals surface area (Å²) >= 11 is 1.58. The number of thiazole rings is 1. The van der Waals surface area contributed by atoms with Crippen LogP contribution in [0.25, 0.3) is 21.7 Å². The minimum absolute atomic E-state index is 0.328. The Morgan fingerprint density at radius 1 is 1.13 bits per heavy atom. The average molecular weight is 324 g/mol. The van der Waals surface area contributed by atoms with Crippen molar-refractivity contribution in [3.05, 3.63) is 47.5 Å². The zero-order valence-electron chi connectivity index (χ0n) is 11.9. The van der Waals surface area contributed by atoms with E-state index in [-0.39, 0.29) is 0 Å². The number of anilines is 1. The van der Waals surface area contributed by atoms with Gasteiger partial charge in [-0.05, 0) is 0 Å². The van der Waals surface area contributed by atoms with Crippen LogP contribution in [0.1, 0.15) is 5.69 Å². The van der Waals surface area contributed by atoms with E-state index in [9.17, 15) is 0 Å².